The van der Waals surface area contributed by atoms with E-state index >= 15 is 0 Å². The standard InChI is InChI=1S/C20H38O7S.2ClH.Na.Ti.H/c1-5-9-11-16(7-3)14-26-19(21)13-18(28(23,24)25)20(22)27-15-17(8-4)12-10-6-2;;;;;/h16-18H,5-15H2,1-4H3,(H,23,24,25);2*1H;;;/q;;;+1;;-1. The fourth-order valence-corrected chi connectivity index (χ4v) is 3.48. The summed E-state index contributed by atoms with van der Waals surface area (Å²) in [5.74, 6) is -1.61. The van der Waals surface area contributed by atoms with Crippen LogP contribution in [0.5, 0.6) is 0 Å². The average molecular weight is 567 g/mol. The number of halogens is 2. The van der Waals surface area contributed by atoms with E-state index in [1.165, 1.54) is 0 Å². The molecule has 0 saturated carbocycles. The van der Waals surface area contributed by atoms with Crippen molar-refractivity contribution in [1.82, 2.24) is 0 Å². The van der Waals surface area contributed by atoms with E-state index in [0.29, 0.717) is 0 Å². The topological polar surface area (TPSA) is 107 Å². The zero-order valence-corrected chi connectivity index (χ0v) is 26.1. The molecule has 32 heavy (non-hydrogen) atoms. The molecule has 0 aliphatic rings. The smallest absolute Gasteiger partial charge is 1.00 e. The van der Waals surface area contributed by atoms with E-state index in [0.717, 1.165) is 51.4 Å². The summed E-state index contributed by atoms with van der Waals surface area (Å²) in [5, 5.41) is -1.95. The first-order chi connectivity index (χ1) is 13.2. The molecule has 0 rings (SSSR count). The molecule has 3 unspecified atom stereocenters. The molecule has 0 radical (unpaired) electrons. The number of ether oxygens (including phenoxy) is 2. The second kappa shape index (κ2) is 25.2. The van der Waals surface area contributed by atoms with Gasteiger partial charge < -0.3 is 10.9 Å². The Morgan fingerprint density at radius 2 is 1.28 bits per heavy atom. The van der Waals surface area contributed by atoms with E-state index < -0.39 is 33.7 Å². The van der Waals surface area contributed by atoms with Crippen molar-refractivity contribution in [3.05, 3.63) is 0 Å². The summed E-state index contributed by atoms with van der Waals surface area (Å²) in [6, 6.07) is 0. The molecule has 0 bridgehead atoms. The Kier molecular flexibility index (Phi) is 34.1. The molecule has 7 nitrogen and oxygen atoms in total. The molecular formula is C20H41Cl2NaO7STi. The van der Waals surface area contributed by atoms with Gasteiger partial charge in [-0.1, -0.05) is 66.2 Å². The van der Waals surface area contributed by atoms with Gasteiger partial charge in [0.25, 0.3) is 10.1 Å². The van der Waals surface area contributed by atoms with Gasteiger partial charge in [0.1, 0.15) is 0 Å². The second-order valence-corrected chi connectivity index (χ2v) is 8.95. The van der Waals surface area contributed by atoms with E-state index in [1.54, 1.807) is 0 Å². The first kappa shape index (κ1) is 43.2. The molecule has 0 aromatic heterocycles. The summed E-state index contributed by atoms with van der Waals surface area (Å²) in [6.45, 7) is 8.35. The molecule has 0 spiro atoms. The summed E-state index contributed by atoms with van der Waals surface area (Å²) >= 11 is 0. The van der Waals surface area contributed by atoms with Crippen LogP contribution in [0.2, 0.25) is 0 Å². The van der Waals surface area contributed by atoms with Gasteiger partial charge in [-0.05, 0) is 24.7 Å². The van der Waals surface area contributed by atoms with Crippen molar-refractivity contribution < 1.29 is 84.7 Å². The SMILES string of the molecule is CCCCC(CC)COC(=O)CC(C(=O)OCC(CC)CCCC)S(=O)(=O)O.Cl.Cl.[H-].[Na+].[Ti]. The Morgan fingerprint density at radius 1 is 0.875 bits per heavy atom. The van der Waals surface area contributed by atoms with Crippen LogP contribution in [-0.4, -0.2) is 43.4 Å². The van der Waals surface area contributed by atoms with Crippen LogP contribution < -0.4 is 29.6 Å². The van der Waals surface area contributed by atoms with Crippen LogP contribution in [0.15, 0.2) is 0 Å². The van der Waals surface area contributed by atoms with Crippen LogP contribution >= 0.6 is 24.8 Å². The van der Waals surface area contributed by atoms with Crippen LogP contribution in [0.4, 0.5) is 0 Å². The molecule has 0 heterocycles. The Hall–Kier alpha value is 1.14. The quantitative estimate of drug-likeness (QED) is 0.173. The minimum absolute atomic E-state index is 0. The molecule has 0 amide bonds. The molecule has 0 aromatic rings. The average Bonchev–Trinajstić information content (AvgIpc) is 2.65. The Balaban J connectivity index is -0.000000364. The van der Waals surface area contributed by atoms with Crippen LogP contribution in [0.3, 0.4) is 0 Å². The maximum atomic E-state index is 12.2. The fraction of sp³-hybridized carbons (Fsp3) is 0.900. The predicted octanol–water partition coefficient (Wildman–Crippen LogP) is 2.11. The van der Waals surface area contributed by atoms with Crippen molar-refractivity contribution >= 4 is 46.9 Å². The van der Waals surface area contributed by atoms with Gasteiger partial charge in [-0.2, -0.15) is 8.42 Å². The number of esters is 2. The molecular weight excluding hydrogens is 526 g/mol. The number of carbonyl (C=O) groups is 2. The van der Waals surface area contributed by atoms with Crippen molar-refractivity contribution in [2.75, 3.05) is 13.2 Å². The van der Waals surface area contributed by atoms with Gasteiger partial charge in [-0.3, -0.25) is 14.1 Å². The first-order valence-corrected chi connectivity index (χ1v) is 12.0. The molecule has 3 atom stereocenters. The van der Waals surface area contributed by atoms with Crippen LogP contribution in [0, 0.1) is 11.8 Å². The Bertz CT molecular complexity index is 575. The molecule has 0 fully saturated rings. The van der Waals surface area contributed by atoms with Gasteiger partial charge in [0.15, 0.2) is 5.25 Å². The normalized spacial score (nSPS) is 13.0. The van der Waals surface area contributed by atoms with Gasteiger partial charge in [-0.15, -0.1) is 24.8 Å². The fourth-order valence-electron chi connectivity index (χ4n) is 2.82. The molecule has 0 aromatic carbocycles. The number of hydrogen-bond donors (Lipinski definition) is 1. The van der Waals surface area contributed by atoms with Gasteiger partial charge >= 0.3 is 41.5 Å². The zero-order valence-electron chi connectivity index (χ0n) is 21.1. The molecule has 1 N–H and O–H groups in total. The van der Waals surface area contributed by atoms with Crippen LogP contribution in [-0.2, 0) is 50.9 Å². The zero-order chi connectivity index (χ0) is 21.6. The number of unbranched alkanes of at least 4 members (excludes halogenated alkanes) is 2. The van der Waals surface area contributed by atoms with E-state index in [-0.39, 0.29) is 103 Å². The predicted molar refractivity (Wildman–Crippen MR) is 124 cm³/mol. The second-order valence-electron chi connectivity index (χ2n) is 7.35. The third-order valence-electron chi connectivity index (χ3n) is 5.00. The van der Waals surface area contributed by atoms with Crippen LogP contribution in [0.1, 0.15) is 86.9 Å². The summed E-state index contributed by atoms with van der Waals surface area (Å²) < 4.78 is 42.8. The number of carbonyl (C=O) groups excluding carboxylic acids is 2. The van der Waals surface area contributed by atoms with Crippen molar-refractivity contribution in [3.63, 3.8) is 0 Å². The van der Waals surface area contributed by atoms with E-state index in [1.807, 2.05) is 13.8 Å². The largest absolute Gasteiger partial charge is 1.00 e. The first-order valence-electron chi connectivity index (χ1n) is 10.5. The number of hydrogen-bond acceptors (Lipinski definition) is 6. The van der Waals surface area contributed by atoms with Gasteiger partial charge in [0, 0.05) is 21.7 Å². The Labute approximate surface area is 245 Å². The van der Waals surface area contributed by atoms with Gasteiger partial charge in [-0.25, -0.2) is 0 Å². The van der Waals surface area contributed by atoms with Gasteiger partial charge in [0.2, 0.25) is 0 Å². The van der Waals surface area contributed by atoms with Crippen molar-refractivity contribution in [3.8, 4) is 0 Å². The van der Waals surface area contributed by atoms with Crippen molar-refractivity contribution in [2.45, 2.75) is 90.7 Å². The monoisotopic (exact) mass is 566 g/mol. The Morgan fingerprint density at radius 3 is 1.62 bits per heavy atom. The minimum atomic E-state index is -4.76. The summed E-state index contributed by atoms with van der Waals surface area (Å²) in [4.78, 5) is 24.2. The van der Waals surface area contributed by atoms with E-state index in [4.69, 9.17) is 9.47 Å². The summed E-state index contributed by atoms with van der Waals surface area (Å²) in [7, 11) is -4.76. The van der Waals surface area contributed by atoms with E-state index in [2.05, 4.69) is 13.8 Å². The van der Waals surface area contributed by atoms with Crippen molar-refractivity contribution in [2.24, 2.45) is 11.8 Å². The third kappa shape index (κ3) is 20.5. The molecule has 0 saturated heterocycles. The summed E-state index contributed by atoms with van der Waals surface area (Å²) in [5.41, 5.74) is 0. The minimum Gasteiger partial charge on any atom is -1.00 e. The summed E-state index contributed by atoms with van der Waals surface area (Å²) in [6.07, 6.45) is 6.74. The molecule has 12 heteroatoms. The van der Waals surface area contributed by atoms with E-state index in [9.17, 15) is 22.6 Å². The maximum Gasteiger partial charge on any atom is 1.00 e. The van der Waals surface area contributed by atoms with Gasteiger partial charge in [0.05, 0.1) is 19.6 Å². The molecule has 0 aliphatic heterocycles. The third-order valence-corrected chi connectivity index (χ3v) is 6.08. The van der Waals surface area contributed by atoms with Crippen molar-refractivity contribution in [1.29, 1.82) is 0 Å². The number of rotatable bonds is 16. The maximum absolute atomic E-state index is 12.2. The van der Waals surface area contributed by atoms with Crippen LogP contribution in [0.25, 0.3) is 0 Å². The molecule has 0 aliphatic carbocycles. The molecule has 188 valence electrons.